The summed E-state index contributed by atoms with van der Waals surface area (Å²) >= 11 is 0.811. The van der Waals surface area contributed by atoms with Crippen molar-refractivity contribution in [2.24, 2.45) is 0 Å². The lowest BCUT2D eigenvalue weighted by atomic mass is 10.1. The van der Waals surface area contributed by atoms with Gasteiger partial charge in [-0.05, 0) is 67.9 Å². The van der Waals surface area contributed by atoms with Gasteiger partial charge in [0.25, 0.3) is 21.8 Å². The molecule has 0 unspecified atom stereocenters. The van der Waals surface area contributed by atoms with E-state index in [1.807, 2.05) is 5.32 Å². The zero-order chi connectivity index (χ0) is 28.7. The Labute approximate surface area is 228 Å². The molecular formula is C25H25N3O9S2. The Bertz CT molecular complexity index is 1500. The molecule has 0 fully saturated rings. The van der Waals surface area contributed by atoms with Crippen molar-refractivity contribution in [2.45, 2.75) is 18.7 Å². The summed E-state index contributed by atoms with van der Waals surface area (Å²) < 4.78 is 42.2. The van der Waals surface area contributed by atoms with Gasteiger partial charge in [0.15, 0.2) is 0 Å². The lowest BCUT2D eigenvalue weighted by molar-refractivity contribution is 0.0531. The molecule has 12 nitrogen and oxygen atoms in total. The Hall–Kier alpha value is -4.43. The largest absolute Gasteiger partial charge is 0.497 e. The van der Waals surface area contributed by atoms with Gasteiger partial charge in [0.05, 0.1) is 31.3 Å². The van der Waals surface area contributed by atoms with E-state index >= 15 is 0 Å². The topological polar surface area (TPSA) is 166 Å². The second-order valence-corrected chi connectivity index (χ2v) is 10.4. The number of rotatable bonds is 9. The first-order valence-electron chi connectivity index (χ1n) is 11.3. The summed E-state index contributed by atoms with van der Waals surface area (Å²) in [5.41, 5.74) is 0.437. The first-order chi connectivity index (χ1) is 18.5. The number of benzene rings is 2. The van der Waals surface area contributed by atoms with Gasteiger partial charge in [0, 0.05) is 11.3 Å². The van der Waals surface area contributed by atoms with E-state index in [9.17, 15) is 27.6 Å². The molecule has 14 heteroatoms. The average Bonchev–Trinajstić information content (AvgIpc) is 3.24. The van der Waals surface area contributed by atoms with Gasteiger partial charge in [0.2, 0.25) is 0 Å². The Balaban J connectivity index is 1.82. The maximum absolute atomic E-state index is 13.0. The van der Waals surface area contributed by atoms with Gasteiger partial charge in [-0.2, -0.15) is 0 Å². The third-order valence-electron chi connectivity index (χ3n) is 5.23. The van der Waals surface area contributed by atoms with E-state index < -0.39 is 33.9 Å². The fourth-order valence-corrected chi connectivity index (χ4v) is 5.46. The molecule has 3 aromatic rings. The first-order valence-corrected chi connectivity index (χ1v) is 13.6. The van der Waals surface area contributed by atoms with Crippen LogP contribution in [0.15, 0.2) is 53.4 Å². The van der Waals surface area contributed by atoms with Crippen LogP contribution < -0.4 is 20.1 Å². The van der Waals surface area contributed by atoms with E-state index in [0.717, 1.165) is 18.4 Å². The molecule has 1 heterocycles. The van der Waals surface area contributed by atoms with Gasteiger partial charge >= 0.3 is 12.1 Å². The third kappa shape index (κ3) is 6.91. The van der Waals surface area contributed by atoms with Crippen LogP contribution in [0, 0.1) is 6.92 Å². The zero-order valence-corrected chi connectivity index (χ0v) is 22.9. The number of methoxy groups -OCH3 is 2. The van der Waals surface area contributed by atoms with Crippen LogP contribution in [0.5, 0.6) is 5.75 Å². The predicted octanol–water partition coefficient (Wildman–Crippen LogP) is 3.79. The first kappa shape index (κ1) is 29.1. The van der Waals surface area contributed by atoms with E-state index in [4.69, 9.17) is 9.47 Å². The van der Waals surface area contributed by atoms with Crippen LogP contribution in [-0.2, 0) is 19.5 Å². The molecule has 0 radical (unpaired) electrons. The summed E-state index contributed by atoms with van der Waals surface area (Å²) in [5.74, 6) is -1.72. The predicted molar refractivity (Wildman–Crippen MR) is 143 cm³/mol. The van der Waals surface area contributed by atoms with Crippen molar-refractivity contribution in [1.82, 2.24) is 5.32 Å². The Kier molecular flexibility index (Phi) is 9.27. The molecule has 0 aliphatic rings. The molecule has 0 bridgehead atoms. The molecule has 39 heavy (non-hydrogen) atoms. The number of ether oxygens (including phenoxy) is 3. The van der Waals surface area contributed by atoms with Crippen LogP contribution in [0.2, 0.25) is 0 Å². The molecule has 1 aromatic heterocycles. The minimum absolute atomic E-state index is 0.00578. The second-order valence-electron chi connectivity index (χ2n) is 7.74. The highest BCUT2D eigenvalue weighted by Crippen LogP contribution is 2.34. The van der Waals surface area contributed by atoms with E-state index in [-0.39, 0.29) is 43.8 Å². The number of carbonyl (C=O) groups excluding carboxylic acids is 4. The average molecular weight is 576 g/mol. The van der Waals surface area contributed by atoms with Gasteiger partial charge in [-0.3, -0.25) is 19.6 Å². The van der Waals surface area contributed by atoms with Crippen LogP contribution in [-0.4, -0.2) is 53.1 Å². The van der Waals surface area contributed by atoms with Crippen LogP contribution in [0.3, 0.4) is 0 Å². The number of anilines is 2. The lowest BCUT2D eigenvalue weighted by Crippen LogP contribution is -2.31. The number of hydrogen-bond acceptors (Lipinski definition) is 10. The van der Waals surface area contributed by atoms with E-state index in [1.54, 1.807) is 6.92 Å². The van der Waals surface area contributed by atoms with Crippen molar-refractivity contribution in [3.8, 4) is 5.75 Å². The fourth-order valence-electron chi connectivity index (χ4n) is 3.31. The van der Waals surface area contributed by atoms with Gasteiger partial charge < -0.3 is 19.5 Å². The summed E-state index contributed by atoms with van der Waals surface area (Å²) in [7, 11) is -1.34. The van der Waals surface area contributed by atoms with Crippen LogP contribution >= 0.6 is 11.3 Å². The summed E-state index contributed by atoms with van der Waals surface area (Å²) in [6.45, 7) is 3.19. The van der Waals surface area contributed by atoms with Crippen molar-refractivity contribution in [3.05, 3.63) is 70.1 Å². The summed E-state index contributed by atoms with van der Waals surface area (Å²) in [6.07, 6.45) is -1.02. The third-order valence-corrected chi connectivity index (χ3v) is 7.82. The normalized spacial score (nSPS) is 10.8. The lowest BCUT2D eigenvalue weighted by Gasteiger charge is -2.10. The SMILES string of the molecule is CCOC(=O)c1sc(NC(=O)c2ccc(NS(=O)(=O)c3ccc(OC)cc3)cc2)c(C(=O)NC(=O)OC)c1C. The number of nitrogens with one attached hydrogen (secondary N) is 3. The Morgan fingerprint density at radius 2 is 1.56 bits per heavy atom. The minimum Gasteiger partial charge on any atom is -0.497 e. The molecule has 0 spiro atoms. The fraction of sp³-hybridized carbons (Fsp3) is 0.200. The number of alkyl carbamates (subject to hydrolysis) is 1. The van der Waals surface area contributed by atoms with Crippen molar-refractivity contribution < 1.29 is 41.8 Å². The summed E-state index contributed by atoms with van der Waals surface area (Å²) in [5, 5.41) is 4.58. The number of imide groups is 1. The van der Waals surface area contributed by atoms with Crippen LogP contribution in [0.4, 0.5) is 15.5 Å². The number of hydrogen-bond donors (Lipinski definition) is 3. The number of amides is 3. The smallest absolute Gasteiger partial charge is 0.413 e. The maximum atomic E-state index is 13.0. The molecule has 206 valence electrons. The standard InChI is InChI=1S/C25H25N3O9S2/c1-5-37-24(31)20-14(2)19(22(30)27-25(32)36-4)23(38-20)26-21(29)15-6-8-16(9-7-15)28-39(33,34)18-12-10-17(35-3)11-13-18/h6-13,28H,5H2,1-4H3,(H,26,29)(H,27,30,32). The van der Waals surface area contributed by atoms with Gasteiger partial charge in [0.1, 0.15) is 15.6 Å². The van der Waals surface area contributed by atoms with Crippen LogP contribution in [0.1, 0.15) is 42.9 Å². The molecule has 0 saturated heterocycles. The van der Waals surface area contributed by atoms with Crippen molar-refractivity contribution >= 4 is 55.9 Å². The zero-order valence-electron chi connectivity index (χ0n) is 21.3. The van der Waals surface area contributed by atoms with Crippen LogP contribution in [0.25, 0.3) is 0 Å². The minimum atomic E-state index is -3.89. The molecule has 2 aromatic carbocycles. The van der Waals surface area contributed by atoms with E-state index in [2.05, 4.69) is 14.8 Å². The number of esters is 1. The molecule has 0 aliphatic carbocycles. The van der Waals surface area contributed by atoms with Crippen molar-refractivity contribution in [3.63, 3.8) is 0 Å². The Morgan fingerprint density at radius 1 is 0.923 bits per heavy atom. The van der Waals surface area contributed by atoms with Gasteiger partial charge in [-0.15, -0.1) is 11.3 Å². The molecule has 0 aliphatic heterocycles. The molecule has 0 atom stereocenters. The highest BCUT2D eigenvalue weighted by atomic mass is 32.2. The Morgan fingerprint density at radius 3 is 2.13 bits per heavy atom. The van der Waals surface area contributed by atoms with E-state index in [1.165, 1.54) is 62.6 Å². The van der Waals surface area contributed by atoms with Gasteiger partial charge in [-0.1, -0.05) is 0 Å². The second kappa shape index (κ2) is 12.4. The monoisotopic (exact) mass is 575 g/mol. The highest BCUT2D eigenvalue weighted by Gasteiger charge is 2.28. The molecule has 3 amide bonds. The molecule has 3 rings (SSSR count). The molecule has 0 saturated carbocycles. The molecular weight excluding hydrogens is 550 g/mol. The number of sulfonamides is 1. The van der Waals surface area contributed by atoms with Crippen molar-refractivity contribution in [2.75, 3.05) is 30.9 Å². The number of carbonyl (C=O) groups is 4. The summed E-state index contributed by atoms with van der Waals surface area (Å²) in [4.78, 5) is 49.7. The number of thiophene rings is 1. The summed E-state index contributed by atoms with van der Waals surface area (Å²) in [6, 6.07) is 11.4. The molecule has 3 N–H and O–H groups in total. The van der Waals surface area contributed by atoms with Gasteiger partial charge in [-0.25, -0.2) is 18.0 Å². The van der Waals surface area contributed by atoms with Crippen molar-refractivity contribution in [1.29, 1.82) is 0 Å². The quantitative estimate of drug-likeness (QED) is 0.322. The maximum Gasteiger partial charge on any atom is 0.413 e. The highest BCUT2D eigenvalue weighted by molar-refractivity contribution is 7.92. The van der Waals surface area contributed by atoms with E-state index in [0.29, 0.717) is 5.75 Å².